The fraction of sp³-hybridized carbons (Fsp3) is 1.00. The van der Waals surface area contributed by atoms with Gasteiger partial charge in [-0.05, 0) is 26.8 Å². The molecule has 0 rings (SSSR count). The molecule has 0 bridgehead atoms. The van der Waals surface area contributed by atoms with Gasteiger partial charge in [-0.25, -0.2) is 0 Å². The lowest BCUT2D eigenvalue weighted by Crippen LogP contribution is -2.38. The van der Waals surface area contributed by atoms with Crippen LogP contribution >= 0.6 is 0 Å². The fourth-order valence-corrected chi connectivity index (χ4v) is 1.03. The lowest BCUT2D eigenvalue weighted by atomic mass is 9.94. The van der Waals surface area contributed by atoms with Crippen molar-refractivity contribution in [2.24, 2.45) is 0 Å². The number of hydrogen-bond acceptors (Lipinski definition) is 1. The van der Waals surface area contributed by atoms with Crippen LogP contribution in [0.1, 0.15) is 81.6 Å². The lowest BCUT2D eigenvalue weighted by Gasteiger charge is -2.26. The van der Waals surface area contributed by atoms with Crippen molar-refractivity contribution in [3.8, 4) is 0 Å². The molecule has 1 heteroatoms. The fourth-order valence-electron chi connectivity index (χ4n) is 1.03. The minimum absolute atomic E-state index is 0.384. The molecule has 98 valence electrons. The van der Waals surface area contributed by atoms with E-state index in [2.05, 4.69) is 26.1 Å². The van der Waals surface area contributed by atoms with Crippen molar-refractivity contribution in [3.05, 3.63) is 0 Å². The summed E-state index contributed by atoms with van der Waals surface area (Å²) in [7, 11) is 2.04. The largest absolute Gasteiger partial charge is 0.315 e. The normalized spacial score (nSPS) is 11.6. The molecule has 0 spiro atoms. The SMILES string of the molecule is CC.CC.CC.CCCC(C)(CC)NC. The first-order valence-corrected chi connectivity index (χ1v) is 6.87. The third kappa shape index (κ3) is 20.1. The standard InChI is InChI=1S/C8H19N.3C2H6/c1-5-7-8(3,6-2)9-4;3*1-2/h9H,5-7H2,1-4H3;3*1-2H3. The summed E-state index contributed by atoms with van der Waals surface area (Å²) < 4.78 is 0. The Morgan fingerprint density at radius 1 is 0.867 bits per heavy atom. The lowest BCUT2D eigenvalue weighted by molar-refractivity contribution is 0.342. The number of rotatable bonds is 4. The van der Waals surface area contributed by atoms with E-state index < -0.39 is 0 Å². The number of hydrogen-bond donors (Lipinski definition) is 1. The van der Waals surface area contributed by atoms with Crippen LogP contribution in [0, 0.1) is 0 Å². The van der Waals surface area contributed by atoms with E-state index in [1.54, 1.807) is 0 Å². The monoisotopic (exact) mass is 219 g/mol. The minimum atomic E-state index is 0.384. The first kappa shape index (κ1) is 24.3. The minimum Gasteiger partial charge on any atom is -0.315 e. The highest BCUT2D eigenvalue weighted by molar-refractivity contribution is 4.78. The molecule has 1 N–H and O–H groups in total. The summed E-state index contributed by atoms with van der Waals surface area (Å²) in [6.45, 7) is 18.7. The predicted octanol–water partition coefficient (Wildman–Crippen LogP) is 5.25. The van der Waals surface area contributed by atoms with Crippen LogP contribution in [0.15, 0.2) is 0 Å². The van der Waals surface area contributed by atoms with Crippen molar-refractivity contribution in [1.29, 1.82) is 0 Å². The Kier molecular flexibility index (Phi) is 38.2. The molecule has 0 amide bonds. The summed E-state index contributed by atoms with van der Waals surface area (Å²) in [6.07, 6.45) is 3.77. The van der Waals surface area contributed by atoms with E-state index in [1.807, 2.05) is 48.6 Å². The van der Waals surface area contributed by atoms with Gasteiger partial charge in [0.15, 0.2) is 0 Å². The molecule has 0 aromatic carbocycles. The maximum absolute atomic E-state index is 3.33. The van der Waals surface area contributed by atoms with Gasteiger partial charge >= 0.3 is 0 Å². The molecule has 0 heterocycles. The molecule has 0 aliphatic rings. The van der Waals surface area contributed by atoms with Gasteiger partial charge in [0.25, 0.3) is 0 Å². The molecule has 0 saturated heterocycles. The Hall–Kier alpha value is -0.0400. The summed E-state index contributed by atoms with van der Waals surface area (Å²) in [5, 5.41) is 3.33. The molecule has 0 radical (unpaired) electrons. The van der Waals surface area contributed by atoms with Crippen molar-refractivity contribution in [3.63, 3.8) is 0 Å². The Labute approximate surface area is 100 Å². The quantitative estimate of drug-likeness (QED) is 0.680. The van der Waals surface area contributed by atoms with Crippen molar-refractivity contribution < 1.29 is 0 Å². The van der Waals surface area contributed by atoms with Gasteiger partial charge in [-0.3, -0.25) is 0 Å². The third-order valence-corrected chi connectivity index (χ3v) is 2.19. The van der Waals surface area contributed by atoms with E-state index >= 15 is 0 Å². The van der Waals surface area contributed by atoms with Crippen molar-refractivity contribution in [1.82, 2.24) is 5.32 Å². The zero-order valence-corrected chi connectivity index (χ0v) is 13.1. The van der Waals surface area contributed by atoms with Gasteiger partial charge in [-0.15, -0.1) is 0 Å². The molecular weight excluding hydrogens is 182 g/mol. The van der Waals surface area contributed by atoms with E-state index in [1.165, 1.54) is 19.3 Å². The number of nitrogens with one attached hydrogen (secondary N) is 1. The van der Waals surface area contributed by atoms with Gasteiger partial charge in [-0.1, -0.05) is 61.8 Å². The molecule has 0 aromatic rings. The van der Waals surface area contributed by atoms with Crippen LogP contribution in [0.5, 0.6) is 0 Å². The van der Waals surface area contributed by atoms with E-state index in [-0.39, 0.29) is 0 Å². The van der Waals surface area contributed by atoms with E-state index in [9.17, 15) is 0 Å². The maximum atomic E-state index is 3.33. The van der Waals surface area contributed by atoms with Gasteiger partial charge in [0, 0.05) is 5.54 Å². The van der Waals surface area contributed by atoms with E-state index in [0.29, 0.717) is 5.54 Å². The second-order valence-electron chi connectivity index (χ2n) is 2.91. The molecule has 0 aliphatic carbocycles. The van der Waals surface area contributed by atoms with Crippen LogP contribution in [0.2, 0.25) is 0 Å². The van der Waals surface area contributed by atoms with Gasteiger partial charge in [0.2, 0.25) is 0 Å². The van der Waals surface area contributed by atoms with Gasteiger partial charge < -0.3 is 5.32 Å². The molecule has 1 unspecified atom stereocenters. The van der Waals surface area contributed by atoms with Crippen LogP contribution < -0.4 is 5.32 Å². The Balaban J connectivity index is -0.0000000860. The Morgan fingerprint density at radius 3 is 1.27 bits per heavy atom. The molecule has 0 fully saturated rings. The van der Waals surface area contributed by atoms with Crippen LogP contribution in [0.4, 0.5) is 0 Å². The molecule has 15 heavy (non-hydrogen) atoms. The summed E-state index contributed by atoms with van der Waals surface area (Å²) in [5.41, 5.74) is 0.384. The first-order valence-electron chi connectivity index (χ1n) is 6.87. The van der Waals surface area contributed by atoms with Crippen LogP contribution in [-0.2, 0) is 0 Å². The molecule has 0 saturated carbocycles. The zero-order chi connectivity index (χ0) is 13.3. The summed E-state index contributed by atoms with van der Waals surface area (Å²) in [5.74, 6) is 0. The third-order valence-electron chi connectivity index (χ3n) is 2.19. The second-order valence-corrected chi connectivity index (χ2v) is 2.91. The Morgan fingerprint density at radius 2 is 1.20 bits per heavy atom. The second kappa shape index (κ2) is 23.6. The highest BCUT2D eigenvalue weighted by Gasteiger charge is 2.16. The molecular formula is C14H37N. The summed E-state index contributed by atoms with van der Waals surface area (Å²) >= 11 is 0. The predicted molar refractivity (Wildman–Crippen MR) is 76.7 cm³/mol. The van der Waals surface area contributed by atoms with E-state index in [4.69, 9.17) is 0 Å². The average molecular weight is 219 g/mol. The van der Waals surface area contributed by atoms with Crippen LogP contribution in [-0.4, -0.2) is 12.6 Å². The molecule has 1 atom stereocenters. The smallest absolute Gasteiger partial charge is 0.0147 e. The van der Waals surface area contributed by atoms with Gasteiger partial charge in [0.05, 0.1) is 0 Å². The Bertz CT molecular complexity index is 65.7. The van der Waals surface area contributed by atoms with Gasteiger partial charge in [0.1, 0.15) is 0 Å². The molecule has 0 aromatic heterocycles. The average Bonchev–Trinajstić information content (AvgIpc) is 2.37. The van der Waals surface area contributed by atoms with Crippen molar-refractivity contribution >= 4 is 0 Å². The van der Waals surface area contributed by atoms with Gasteiger partial charge in [-0.2, -0.15) is 0 Å². The van der Waals surface area contributed by atoms with Crippen LogP contribution in [0.25, 0.3) is 0 Å². The van der Waals surface area contributed by atoms with E-state index in [0.717, 1.165) is 0 Å². The van der Waals surface area contributed by atoms with Crippen LogP contribution in [0.3, 0.4) is 0 Å². The topological polar surface area (TPSA) is 12.0 Å². The highest BCUT2D eigenvalue weighted by Crippen LogP contribution is 2.14. The highest BCUT2D eigenvalue weighted by atomic mass is 14.9. The molecule has 0 aliphatic heterocycles. The zero-order valence-electron chi connectivity index (χ0n) is 13.1. The summed E-state index contributed by atoms with van der Waals surface area (Å²) in [6, 6.07) is 0. The maximum Gasteiger partial charge on any atom is 0.0147 e. The van der Waals surface area contributed by atoms with Crippen molar-refractivity contribution in [2.75, 3.05) is 7.05 Å². The summed E-state index contributed by atoms with van der Waals surface area (Å²) in [4.78, 5) is 0. The molecule has 1 nitrogen and oxygen atoms in total. The van der Waals surface area contributed by atoms with Crippen molar-refractivity contribution in [2.45, 2.75) is 87.1 Å². The first-order chi connectivity index (χ1) is 7.18.